The predicted molar refractivity (Wildman–Crippen MR) is 158 cm³/mol. The van der Waals surface area contributed by atoms with E-state index in [1.54, 1.807) is 42.5 Å². The summed E-state index contributed by atoms with van der Waals surface area (Å²) in [5.74, 6) is 0.647. The minimum Gasteiger partial charge on any atom is -0.495 e. The van der Waals surface area contributed by atoms with Crippen LogP contribution in [0.2, 0.25) is 0 Å². The van der Waals surface area contributed by atoms with E-state index in [1.165, 1.54) is 48.9 Å². The Hall–Kier alpha value is -4.68. The van der Waals surface area contributed by atoms with Crippen LogP contribution >= 0.6 is 0 Å². The van der Waals surface area contributed by atoms with Crippen molar-refractivity contribution in [3.05, 3.63) is 101 Å². The number of aromatic nitrogens is 3. The molecule has 12 heteroatoms. The number of fused-ring (bicyclic) bond motifs is 1. The van der Waals surface area contributed by atoms with Gasteiger partial charge in [0.25, 0.3) is 5.56 Å². The molecule has 1 N–H and O–H groups in total. The van der Waals surface area contributed by atoms with Gasteiger partial charge < -0.3 is 14.1 Å². The molecule has 0 amide bonds. The summed E-state index contributed by atoms with van der Waals surface area (Å²) in [6.07, 6.45) is 2.15. The van der Waals surface area contributed by atoms with E-state index in [-0.39, 0.29) is 34.3 Å². The van der Waals surface area contributed by atoms with Crippen LogP contribution in [0, 0.1) is 5.82 Å². The summed E-state index contributed by atoms with van der Waals surface area (Å²) in [6, 6.07) is 18.6. The van der Waals surface area contributed by atoms with Crippen molar-refractivity contribution in [2.45, 2.75) is 44.0 Å². The van der Waals surface area contributed by atoms with Crippen LogP contribution in [0.1, 0.15) is 37.8 Å². The second kappa shape index (κ2) is 12.7. The highest BCUT2D eigenvalue weighted by molar-refractivity contribution is 7.89. The van der Waals surface area contributed by atoms with Crippen molar-refractivity contribution < 1.29 is 26.9 Å². The first-order valence-corrected chi connectivity index (χ1v) is 15.0. The van der Waals surface area contributed by atoms with Crippen LogP contribution in [0.25, 0.3) is 27.8 Å². The van der Waals surface area contributed by atoms with E-state index in [9.17, 15) is 22.4 Å². The number of halogens is 1. The maximum absolute atomic E-state index is 13.6. The molecule has 0 unspecified atom stereocenters. The number of sulfonamides is 1. The molecule has 0 bridgehead atoms. The van der Waals surface area contributed by atoms with Crippen LogP contribution in [-0.4, -0.2) is 36.0 Å². The summed E-state index contributed by atoms with van der Waals surface area (Å²) in [7, 11) is -2.49. The Labute approximate surface area is 247 Å². The lowest BCUT2D eigenvalue weighted by Gasteiger charge is -2.14. The summed E-state index contributed by atoms with van der Waals surface area (Å²) in [5.41, 5.74) is 1.66. The minimum absolute atomic E-state index is 0.00114. The van der Waals surface area contributed by atoms with E-state index in [0.717, 1.165) is 0 Å². The second-order valence-electron chi connectivity index (χ2n) is 9.94. The van der Waals surface area contributed by atoms with E-state index in [0.29, 0.717) is 59.4 Å². The van der Waals surface area contributed by atoms with Crippen molar-refractivity contribution in [1.29, 1.82) is 0 Å². The molecular formula is C31H29FN4O6S. The minimum atomic E-state index is -3.89. The molecule has 0 aliphatic carbocycles. The van der Waals surface area contributed by atoms with Crippen molar-refractivity contribution in [3.8, 4) is 22.7 Å². The third-order valence-corrected chi connectivity index (χ3v) is 8.29. The van der Waals surface area contributed by atoms with Gasteiger partial charge in [0.2, 0.25) is 10.0 Å². The normalized spacial score (nSPS) is 11.6. The van der Waals surface area contributed by atoms with Crippen LogP contribution in [-0.2, 0) is 27.8 Å². The second-order valence-corrected chi connectivity index (χ2v) is 11.7. The van der Waals surface area contributed by atoms with Crippen LogP contribution in [0.4, 0.5) is 4.39 Å². The zero-order valence-corrected chi connectivity index (χ0v) is 24.4. The summed E-state index contributed by atoms with van der Waals surface area (Å²) < 4.78 is 53.8. The number of carbonyl (C=O) groups is 1. The molecular weight excluding hydrogens is 575 g/mol. The molecule has 0 fully saturated rings. The lowest BCUT2D eigenvalue weighted by Crippen LogP contribution is -2.24. The number of ether oxygens (including phenoxy) is 1. The van der Waals surface area contributed by atoms with Gasteiger partial charge >= 0.3 is 0 Å². The monoisotopic (exact) mass is 604 g/mol. The first-order chi connectivity index (χ1) is 20.7. The Morgan fingerprint density at radius 2 is 1.81 bits per heavy atom. The van der Waals surface area contributed by atoms with Crippen molar-refractivity contribution >= 4 is 26.7 Å². The Bertz CT molecular complexity index is 1950. The molecule has 2 aromatic heterocycles. The summed E-state index contributed by atoms with van der Waals surface area (Å²) in [4.78, 5) is 29.8. The quantitative estimate of drug-likeness (QED) is 0.197. The Kier molecular flexibility index (Phi) is 8.78. The smallest absolute Gasteiger partial charge is 0.265 e. The highest BCUT2D eigenvalue weighted by Crippen LogP contribution is 2.25. The summed E-state index contributed by atoms with van der Waals surface area (Å²) in [6.45, 7) is 1.39. The molecule has 0 saturated carbocycles. The van der Waals surface area contributed by atoms with E-state index in [4.69, 9.17) is 14.2 Å². The topological polar surface area (TPSA) is 133 Å². The first-order valence-electron chi connectivity index (χ1n) is 13.6. The van der Waals surface area contributed by atoms with Crippen molar-refractivity contribution in [2.75, 3.05) is 7.11 Å². The zero-order valence-electron chi connectivity index (χ0n) is 23.5. The number of ketones is 1. The van der Waals surface area contributed by atoms with Crippen molar-refractivity contribution in [2.24, 2.45) is 0 Å². The van der Waals surface area contributed by atoms with Gasteiger partial charge in [-0.3, -0.25) is 9.36 Å². The number of carbonyl (C=O) groups excluding carboxylic acids is 1. The summed E-state index contributed by atoms with van der Waals surface area (Å²) >= 11 is 0. The van der Waals surface area contributed by atoms with E-state index in [1.807, 2.05) is 0 Å². The van der Waals surface area contributed by atoms with Crippen LogP contribution in [0.3, 0.4) is 0 Å². The van der Waals surface area contributed by atoms with E-state index < -0.39 is 15.8 Å². The predicted octanol–water partition coefficient (Wildman–Crippen LogP) is 4.97. The third kappa shape index (κ3) is 6.71. The molecule has 10 nitrogen and oxygen atoms in total. The molecule has 0 aliphatic rings. The zero-order chi connectivity index (χ0) is 30.6. The molecule has 5 aromatic rings. The van der Waals surface area contributed by atoms with Gasteiger partial charge in [-0.1, -0.05) is 23.4 Å². The molecule has 0 radical (unpaired) electrons. The number of para-hydroxylation sites is 1. The number of nitrogens with one attached hydrogen (secondary N) is 1. The van der Waals surface area contributed by atoms with Gasteiger partial charge in [0.15, 0.2) is 5.76 Å². The molecule has 0 atom stereocenters. The number of methoxy groups -OCH3 is 1. The molecule has 3 aromatic carbocycles. The third-order valence-electron chi connectivity index (χ3n) is 6.85. The average molecular weight is 605 g/mol. The molecule has 0 aliphatic heterocycles. The first kappa shape index (κ1) is 29.8. The van der Waals surface area contributed by atoms with Crippen molar-refractivity contribution in [1.82, 2.24) is 19.4 Å². The van der Waals surface area contributed by atoms with Crippen LogP contribution < -0.4 is 15.0 Å². The van der Waals surface area contributed by atoms with Gasteiger partial charge in [-0.25, -0.2) is 22.5 Å². The Morgan fingerprint density at radius 1 is 1.05 bits per heavy atom. The number of benzene rings is 3. The summed E-state index contributed by atoms with van der Waals surface area (Å²) in [5, 5.41) is 4.44. The fourth-order valence-corrected chi connectivity index (χ4v) is 5.85. The van der Waals surface area contributed by atoms with E-state index >= 15 is 0 Å². The maximum atomic E-state index is 13.6. The number of unbranched alkanes of at least 4 members (excludes halogenated alkanes) is 1. The number of nitrogens with zero attached hydrogens (tertiary/aromatic N) is 3. The average Bonchev–Trinajstić information content (AvgIpc) is 3.48. The Balaban J connectivity index is 1.43. The fourth-order valence-electron chi connectivity index (χ4n) is 4.69. The molecule has 0 saturated heterocycles. The number of Topliss-reactive ketones (excluding diaryl/α,β-unsaturated/α-hetero) is 1. The van der Waals surface area contributed by atoms with Gasteiger partial charge in [-0.15, -0.1) is 0 Å². The lowest BCUT2D eigenvalue weighted by atomic mass is 10.1. The molecule has 2 heterocycles. The maximum Gasteiger partial charge on any atom is 0.265 e. The van der Waals surface area contributed by atoms with Gasteiger partial charge in [0.1, 0.15) is 33.8 Å². The van der Waals surface area contributed by atoms with Gasteiger partial charge in [-0.05, 0) is 68.3 Å². The SMILES string of the molecule is COc1ccccc1S(=O)(=O)NCc1cc(-c2ccc3c(=O)n(-c4ccc(F)cc4)c(CCCCC(C)=O)nc3c2)no1. The fraction of sp³-hybridized carbons (Fsp3) is 0.226. The highest BCUT2D eigenvalue weighted by Gasteiger charge is 2.20. The number of rotatable bonds is 12. The van der Waals surface area contributed by atoms with Gasteiger partial charge in [0.05, 0.1) is 30.2 Å². The van der Waals surface area contributed by atoms with Crippen molar-refractivity contribution in [3.63, 3.8) is 0 Å². The van der Waals surface area contributed by atoms with Crippen LogP contribution in [0.5, 0.6) is 5.75 Å². The molecule has 5 rings (SSSR count). The van der Waals surface area contributed by atoms with E-state index in [2.05, 4.69) is 9.88 Å². The molecule has 222 valence electrons. The standard InChI is InChI=1S/C31H29FN4O6S/c1-20(37)7-3-6-10-30-34-27-17-21(11-16-25(27)31(38)36(30)23-14-12-22(32)13-15-23)26-18-24(42-35-26)19-33-43(39,40)29-9-5-4-8-28(29)41-2/h4-5,8-9,11-18,33H,3,6-7,10,19H2,1-2H3. The van der Waals surface area contributed by atoms with Crippen LogP contribution in [0.15, 0.2) is 87.0 Å². The molecule has 0 spiro atoms. The Morgan fingerprint density at radius 3 is 2.56 bits per heavy atom. The number of hydrogen-bond acceptors (Lipinski definition) is 8. The largest absolute Gasteiger partial charge is 0.495 e. The lowest BCUT2D eigenvalue weighted by molar-refractivity contribution is -0.117. The van der Waals surface area contributed by atoms with Gasteiger partial charge in [-0.2, -0.15) is 0 Å². The molecule has 43 heavy (non-hydrogen) atoms. The number of aryl methyl sites for hydroxylation is 1. The highest BCUT2D eigenvalue weighted by atomic mass is 32.2. The number of hydrogen-bond donors (Lipinski definition) is 1. The van der Waals surface area contributed by atoms with Gasteiger partial charge in [0, 0.05) is 24.5 Å².